The summed E-state index contributed by atoms with van der Waals surface area (Å²) in [6.07, 6.45) is 3.96. The van der Waals surface area contributed by atoms with Crippen molar-refractivity contribution in [1.82, 2.24) is 9.97 Å². The molecule has 2 aromatic rings. The molecule has 23 heavy (non-hydrogen) atoms. The lowest BCUT2D eigenvalue weighted by atomic mass is 10.1. The van der Waals surface area contributed by atoms with Crippen LogP contribution in [0.3, 0.4) is 0 Å². The standard InChI is InChI=1S/C15H17N5O3/c21-12-5-1-10(2-6-12)7-8-16-15-17-9-13(20(22)23)14(19-15)18-11-3-4-11/h1-2,5-6,9,11,21H,3-4,7-8H2,(H2,16,17,18,19). The molecule has 0 aliphatic heterocycles. The number of rotatable bonds is 7. The summed E-state index contributed by atoms with van der Waals surface area (Å²) < 4.78 is 0. The van der Waals surface area contributed by atoms with Gasteiger partial charge in [0.15, 0.2) is 0 Å². The number of nitro groups is 1. The zero-order valence-electron chi connectivity index (χ0n) is 12.4. The lowest BCUT2D eigenvalue weighted by Gasteiger charge is -2.08. The van der Waals surface area contributed by atoms with Gasteiger partial charge in [-0.3, -0.25) is 10.1 Å². The van der Waals surface area contributed by atoms with Gasteiger partial charge in [-0.1, -0.05) is 12.1 Å². The number of hydrogen-bond acceptors (Lipinski definition) is 7. The Bertz CT molecular complexity index is 701. The molecule has 3 N–H and O–H groups in total. The van der Waals surface area contributed by atoms with E-state index in [4.69, 9.17) is 0 Å². The smallest absolute Gasteiger partial charge is 0.329 e. The molecule has 1 aliphatic carbocycles. The van der Waals surface area contributed by atoms with E-state index < -0.39 is 4.92 Å². The third-order valence-corrected chi connectivity index (χ3v) is 3.52. The average molecular weight is 315 g/mol. The molecule has 1 fully saturated rings. The van der Waals surface area contributed by atoms with E-state index in [2.05, 4.69) is 20.6 Å². The maximum atomic E-state index is 11.0. The highest BCUT2D eigenvalue weighted by atomic mass is 16.6. The van der Waals surface area contributed by atoms with Gasteiger partial charge in [0.25, 0.3) is 0 Å². The molecule has 0 atom stereocenters. The van der Waals surface area contributed by atoms with Crippen LogP contribution in [-0.2, 0) is 6.42 Å². The number of aromatic nitrogens is 2. The minimum Gasteiger partial charge on any atom is -0.508 e. The maximum Gasteiger partial charge on any atom is 0.329 e. The summed E-state index contributed by atoms with van der Waals surface area (Å²) in [4.78, 5) is 18.7. The van der Waals surface area contributed by atoms with E-state index in [0.29, 0.717) is 12.5 Å². The van der Waals surface area contributed by atoms with Crippen LogP contribution in [0.5, 0.6) is 5.75 Å². The molecule has 1 aromatic carbocycles. The SMILES string of the molecule is O=[N+]([O-])c1cnc(NCCc2ccc(O)cc2)nc1NC1CC1. The molecule has 8 heteroatoms. The predicted octanol–water partition coefficient (Wildman–Crippen LogP) is 2.32. The quantitative estimate of drug-likeness (QED) is 0.530. The second-order valence-electron chi connectivity index (χ2n) is 5.45. The lowest BCUT2D eigenvalue weighted by Crippen LogP contribution is -2.12. The monoisotopic (exact) mass is 315 g/mol. The number of benzene rings is 1. The van der Waals surface area contributed by atoms with E-state index in [9.17, 15) is 15.2 Å². The molecule has 1 aliphatic rings. The predicted molar refractivity (Wildman–Crippen MR) is 85.6 cm³/mol. The minimum absolute atomic E-state index is 0.110. The zero-order valence-corrected chi connectivity index (χ0v) is 12.4. The number of hydrogen-bond donors (Lipinski definition) is 3. The largest absolute Gasteiger partial charge is 0.508 e. The highest BCUT2D eigenvalue weighted by molar-refractivity contribution is 5.58. The number of phenols is 1. The molecule has 0 radical (unpaired) electrons. The molecule has 0 spiro atoms. The summed E-state index contributed by atoms with van der Waals surface area (Å²) in [5.74, 6) is 0.855. The summed E-state index contributed by atoms with van der Waals surface area (Å²) in [6.45, 7) is 0.589. The Hall–Kier alpha value is -2.90. The topological polar surface area (TPSA) is 113 Å². The van der Waals surface area contributed by atoms with E-state index in [-0.39, 0.29) is 23.3 Å². The third kappa shape index (κ3) is 4.06. The normalized spacial score (nSPS) is 13.6. The molecular weight excluding hydrogens is 298 g/mol. The van der Waals surface area contributed by atoms with Gasteiger partial charge >= 0.3 is 5.69 Å². The Morgan fingerprint density at radius 3 is 2.70 bits per heavy atom. The van der Waals surface area contributed by atoms with E-state index in [1.54, 1.807) is 12.1 Å². The first kappa shape index (κ1) is 15.0. The van der Waals surface area contributed by atoms with Crippen molar-refractivity contribution < 1.29 is 10.0 Å². The number of anilines is 2. The number of aromatic hydroxyl groups is 1. The number of phenolic OH excluding ortho intramolecular Hbond substituents is 1. The van der Waals surface area contributed by atoms with Gasteiger partial charge in [-0.2, -0.15) is 4.98 Å². The highest BCUT2D eigenvalue weighted by Crippen LogP contribution is 2.29. The molecule has 0 unspecified atom stereocenters. The van der Waals surface area contributed by atoms with Crippen LogP contribution in [0, 0.1) is 10.1 Å². The maximum absolute atomic E-state index is 11.0. The zero-order chi connectivity index (χ0) is 16.2. The fraction of sp³-hybridized carbons (Fsp3) is 0.333. The second kappa shape index (κ2) is 6.47. The first-order valence-corrected chi connectivity index (χ1v) is 7.41. The van der Waals surface area contributed by atoms with Crippen LogP contribution in [0.15, 0.2) is 30.5 Å². The molecule has 3 rings (SSSR count). The Labute approximate surface area is 132 Å². The summed E-state index contributed by atoms with van der Waals surface area (Å²) in [5, 5.41) is 26.4. The van der Waals surface area contributed by atoms with Crippen molar-refractivity contribution >= 4 is 17.5 Å². The van der Waals surface area contributed by atoms with Gasteiger partial charge in [-0.05, 0) is 37.0 Å². The molecule has 1 aromatic heterocycles. The van der Waals surface area contributed by atoms with E-state index >= 15 is 0 Å². The van der Waals surface area contributed by atoms with E-state index in [1.165, 1.54) is 6.20 Å². The van der Waals surface area contributed by atoms with Gasteiger partial charge in [0.1, 0.15) is 11.9 Å². The van der Waals surface area contributed by atoms with Gasteiger partial charge in [0.2, 0.25) is 11.8 Å². The molecule has 1 heterocycles. The second-order valence-corrected chi connectivity index (χ2v) is 5.45. The average Bonchev–Trinajstić information content (AvgIpc) is 3.33. The molecular formula is C15H17N5O3. The van der Waals surface area contributed by atoms with Gasteiger partial charge in [-0.25, -0.2) is 4.98 Å². The highest BCUT2D eigenvalue weighted by Gasteiger charge is 2.26. The van der Waals surface area contributed by atoms with Crippen LogP contribution in [0.2, 0.25) is 0 Å². The lowest BCUT2D eigenvalue weighted by molar-refractivity contribution is -0.384. The van der Waals surface area contributed by atoms with Crippen LogP contribution in [-0.4, -0.2) is 32.6 Å². The van der Waals surface area contributed by atoms with Crippen molar-refractivity contribution in [3.8, 4) is 5.75 Å². The van der Waals surface area contributed by atoms with E-state index in [0.717, 1.165) is 24.8 Å². The van der Waals surface area contributed by atoms with Gasteiger partial charge in [0.05, 0.1) is 4.92 Å². The van der Waals surface area contributed by atoms with Crippen LogP contribution in [0.25, 0.3) is 0 Å². The Morgan fingerprint density at radius 1 is 1.30 bits per heavy atom. The Balaban J connectivity index is 1.62. The van der Waals surface area contributed by atoms with Crippen LogP contribution in [0.1, 0.15) is 18.4 Å². The fourth-order valence-corrected chi connectivity index (χ4v) is 2.10. The first-order chi connectivity index (χ1) is 11.1. The molecule has 0 bridgehead atoms. The van der Waals surface area contributed by atoms with E-state index in [1.807, 2.05) is 12.1 Å². The number of nitrogens with zero attached hydrogens (tertiary/aromatic N) is 3. The van der Waals surface area contributed by atoms with Crippen LogP contribution in [0.4, 0.5) is 17.5 Å². The van der Waals surface area contributed by atoms with Crippen LogP contribution >= 0.6 is 0 Å². The number of nitrogens with one attached hydrogen (secondary N) is 2. The van der Waals surface area contributed by atoms with Crippen molar-refractivity contribution in [3.63, 3.8) is 0 Å². The molecule has 0 saturated heterocycles. The van der Waals surface area contributed by atoms with Crippen molar-refractivity contribution in [3.05, 3.63) is 46.1 Å². The summed E-state index contributed by atoms with van der Waals surface area (Å²) in [5.41, 5.74) is 0.953. The van der Waals surface area contributed by atoms with Gasteiger partial charge < -0.3 is 15.7 Å². The molecule has 0 amide bonds. The van der Waals surface area contributed by atoms with Crippen molar-refractivity contribution in [2.24, 2.45) is 0 Å². The summed E-state index contributed by atoms with van der Waals surface area (Å²) in [7, 11) is 0. The third-order valence-electron chi connectivity index (χ3n) is 3.52. The van der Waals surface area contributed by atoms with Crippen molar-refractivity contribution in [2.45, 2.75) is 25.3 Å². The minimum atomic E-state index is -0.481. The molecule has 1 saturated carbocycles. The molecule has 8 nitrogen and oxygen atoms in total. The molecule has 120 valence electrons. The van der Waals surface area contributed by atoms with Gasteiger partial charge in [0, 0.05) is 12.6 Å². The Kier molecular flexibility index (Phi) is 4.22. The van der Waals surface area contributed by atoms with Crippen molar-refractivity contribution in [1.29, 1.82) is 0 Å². The fourth-order valence-electron chi connectivity index (χ4n) is 2.10. The van der Waals surface area contributed by atoms with Crippen LogP contribution < -0.4 is 10.6 Å². The van der Waals surface area contributed by atoms with Gasteiger partial charge in [-0.15, -0.1) is 0 Å². The first-order valence-electron chi connectivity index (χ1n) is 7.41. The Morgan fingerprint density at radius 2 is 2.04 bits per heavy atom. The van der Waals surface area contributed by atoms with Crippen molar-refractivity contribution in [2.75, 3.05) is 17.2 Å². The summed E-state index contributed by atoms with van der Waals surface area (Å²) in [6, 6.07) is 7.22. The summed E-state index contributed by atoms with van der Waals surface area (Å²) >= 11 is 0.